The van der Waals surface area contributed by atoms with Crippen molar-refractivity contribution in [3.8, 4) is 0 Å². The predicted molar refractivity (Wildman–Crippen MR) is 88.4 cm³/mol. The molecule has 3 atom stereocenters. The third kappa shape index (κ3) is 2.68. The molecular formula is C17H20ClN3O3. The highest BCUT2D eigenvalue weighted by Gasteiger charge is 2.51. The van der Waals surface area contributed by atoms with Crippen LogP contribution in [0.25, 0.3) is 0 Å². The molecule has 1 aromatic rings. The standard InChI is InChI=1S/C17H20ClN3O3/c18-12-3-1-11(2-4-12)8-19-5-6-20-15(10-19)17(24)21-9-13(22)7-14(21)16(20)23/h1-4,13-15,22H,5-10H2/t13-,14+,15-/m1/s1. The zero-order valence-electron chi connectivity index (χ0n) is 13.3. The van der Waals surface area contributed by atoms with Gasteiger partial charge >= 0.3 is 0 Å². The smallest absolute Gasteiger partial charge is 0.247 e. The molecule has 6 nitrogen and oxygen atoms in total. The van der Waals surface area contributed by atoms with Gasteiger partial charge in [-0.3, -0.25) is 14.5 Å². The molecule has 0 spiro atoms. The summed E-state index contributed by atoms with van der Waals surface area (Å²) >= 11 is 5.92. The average Bonchev–Trinajstić information content (AvgIpc) is 2.97. The lowest BCUT2D eigenvalue weighted by Crippen LogP contribution is -2.68. The van der Waals surface area contributed by atoms with E-state index in [2.05, 4.69) is 4.90 Å². The molecule has 3 heterocycles. The monoisotopic (exact) mass is 349 g/mol. The third-order valence-corrected chi connectivity index (χ3v) is 5.45. The number of amides is 2. The highest BCUT2D eigenvalue weighted by molar-refractivity contribution is 6.30. The first-order valence-corrected chi connectivity index (χ1v) is 8.66. The van der Waals surface area contributed by atoms with Gasteiger partial charge in [0.15, 0.2) is 0 Å². The van der Waals surface area contributed by atoms with Gasteiger partial charge in [-0.2, -0.15) is 0 Å². The van der Waals surface area contributed by atoms with Gasteiger partial charge in [0.05, 0.1) is 6.10 Å². The van der Waals surface area contributed by atoms with Crippen LogP contribution < -0.4 is 0 Å². The number of fused-ring (bicyclic) bond motifs is 2. The van der Waals surface area contributed by atoms with Crippen LogP contribution in [0.15, 0.2) is 24.3 Å². The normalized spacial score (nSPS) is 30.5. The van der Waals surface area contributed by atoms with E-state index >= 15 is 0 Å². The number of nitrogens with zero attached hydrogens (tertiary/aromatic N) is 3. The molecule has 1 aromatic carbocycles. The first-order valence-electron chi connectivity index (χ1n) is 8.29. The van der Waals surface area contributed by atoms with Crippen LogP contribution in [-0.2, 0) is 16.1 Å². The van der Waals surface area contributed by atoms with Crippen molar-refractivity contribution in [3.63, 3.8) is 0 Å². The summed E-state index contributed by atoms with van der Waals surface area (Å²) in [5.41, 5.74) is 1.14. The maximum atomic E-state index is 12.8. The maximum Gasteiger partial charge on any atom is 0.247 e. The number of piperazine rings is 2. The number of hydrogen-bond acceptors (Lipinski definition) is 4. The van der Waals surface area contributed by atoms with E-state index in [1.807, 2.05) is 24.3 Å². The summed E-state index contributed by atoms with van der Waals surface area (Å²) in [4.78, 5) is 30.8. The Bertz CT molecular complexity index is 666. The highest BCUT2D eigenvalue weighted by atomic mass is 35.5. The van der Waals surface area contributed by atoms with E-state index in [4.69, 9.17) is 11.6 Å². The lowest BCUT2D eigenvalue weighted by Gasteiger charge is -2.47. The molecular weight excluding hydrogens is 330 g/mol. The molecule has 3 aliphatic rings. The number of halogens is 1. The van der Waals surface area contributed by atoms with E-state index < -0.39 is 18.2 Å². The highest BCUT2D eigenvalue weighted by Crippen LogP contribution is 2.29. The second-order valence-electron chi connectivity index (χ2n) is 6.80. The largest absolute Gasteiger partial charge is 0.391 e. The molecule has 128 valence electrons. The van der Waals surface area contributed by atoms with Crippen molar-refractivity contribution in [2.24, 2.45) is 0 Å². The van der Waals surface area contributed by atoms with Crippen molar-refractivity contribution in [1.29, 1.82) is 0 Å². The summed E-state index contributed by atoms with van der Waals surface area (Å²) in [6.45, 7) is 2.84. The van der Waals surface area contributed by atoms with Gasteiger partial charge in [-0.05, 0) is 17.7 Å². The number of aliphatic hydroxyl groups is 1. The summed E-state index contributed by atoms with van der Waals surface area (Å²) in [5, 5.41) is 10.5. The number of carbonyl (C=O) groups excluding carboxylic acids is 2. The lowest BCUT2D eigenvalue weighted by molar-refractivity contribution is -0.163. The molecule has 0 bridgehead atoms. The molecule has 24 heavy (non-hydrogen) atoms. The Morgan fingerprint density at radius 3 is 2.46 bits per heavy atom. The van der Waals surface area contributed by atoms with Crippen LogP contribution in [0.4, 0.5) is 0 Å². The molecule has 0 aliphatic carbocycles. The predicted octanol–water partition coefficient (Wildman–Crippen LogP) is 0.328. The second-order valence-corrected chi connectivity index (χ2v) is 7.24. The van der Waals surface area contributed by atoms with Crippen LogP contribution in [0.5, 0.6) is 0 Å². The molecule has 3 aliphatic heterocycles. The molecule has 0 unspecified atom stereocenters. The fourth-order valence-corrected chi connectivity index (χ4v) is 4.11. The Morgan fingerprint density at radius 2 is 1.71 bits per heavy atom. The SMILES string of the molecule is O=C1[C@@H]2C[C@@H](O)CN2C(=O)[C@H]2CN(Cc3ccc(Cl)cc3)CCN12. The molecule has 7 heteroatoms. The Hall–Kier alpha value is -1.63. The Morgan fingerprint density at radius 1 is 1.00 bits per heavy atom. The van der Waals surface area contributed by atoms with Gasteiger partial charge in [0, 0.05) is 44.2 Å². The minimum atomic E-state index is -0.588. The van der Waals surface area contributed by atoms with E-state index in [1.54, 1.807) is 9.80 Å². The summed E-state index contributed by atoms with van der Waals surface area (Å²) in [7, 11) is 0. The van der Waals surface area contributed by atoms with E-state index in [-0.39, 0.29) is 18.4 Å². The van der Waals surface area contributed by atoms with Gasteiger partial charge < -0.3 is 14.9 Å². The fraction of sp³-hybridized carbons (Fsp3) is 0.529. The van der Waals surface area contributed by atoms with Crippen molar-refractivity contribution >= 4 is 23.4 Å². The number of benzene rings is 1. The molecule has 0 saturated carbocycles. The molecule has 1 N–H and O–H groups in total. The summed E-state index contributed by atoms with van der Waals surface area (Å²) < 4.78 is 0. The van der Waals surface area contributed by atoms with Gasteiger partial charge in [0.2, 0.25) is 11.8 Å². The Labute approximate surface area is 145 Å². The lowest BCUT2D eigenvalue weighted by atomic mass is 10.0. The summed E-state index contributed by atoms with van der Waals surface area (Å²) in [6, 6.07) is 6.79. The topological polar surface area (TPSA) is 64.1 Å². The maximum absolute atomic E-state index is 12.8. The van der Waals surface area contributed by atoms with Gasteiger partial charge in [0.25, 0.3) is 0 Å². The van der Waals surface area contributed by atoms with E-state index in [0.29, 0.717) is 24.5 Å². The molecule has 3 fully saturated rings. The van der Waals surface area contributed by atoms with Crippen molar-refractivity contribution in [2.45, 2.75) is 31.2 Å². The molecule has 3 saturated heterocycles. The van der Waals surface area contributed by atoms with Crippen LogP contribution in [0.3, 0.4) is 0 Å². The van der Waals surface area contributed by atoms with Crippen LogP contribution in [0.2, 0.25) is 5.02 Å². The van der Waals surface area contributed by atoms with Crippen LogP contribution in [0.1, 0.15) is 12.0 Å². The summed E-state index contributed by atoms with van der Waals surface area (Å²) in [6.07, 6.45) is -0.225. The molecule has 0 radical (unpaired) electrons. The van der Waals surface area contributed by atoms with Gasteiger partial charge in [0.1, 0.15) is 12.1 Å². The number of rotatable bonds is 2. The van der Waals surface area contributed by atoms with Crippen molar-refractivity contribution in [3.05, 3.63) is 34.9 Å². The number of hydrogen-bond donors (Lipinski definition) is 1. The quantitative estimate of drug-likeness (QED) is 0.835. The van der Waals surface area contributed by atoms with Crippen molar-refractivity contribution in [1.82, 2.24) is 14.7 Å². The minimum Gasteiger partial charge on any atom is -0.391 e. The van der Waals surface area contributed by atoms with Crippen LogP contribution in [-0.4, -0.2) is 76.0 Å². The average molecular weight is 350 g/mol. The van der Waals surface area contributed by atoms with Crippen LogP contribution >= 0.6 is 11.6 Å². The zero-order valence-corrected chi connectivity index (χ0v) is 14.0. The minimum absolute atomic E-state index is 0.0118. The molecule has 2 amide bonds. The van der Waals surface area contributed by atoms with E-state index in [1.165, 1.54) is 0 Å². The molecule has 0 aromatic heterocycles. The van der Waals surface area contributed by atoms with E-state index in [0.717, 1.165) is 18.7 Å². The van der Waals surface area contributed by atoms with Gasteiger partial charge in [-0.1, -0.05) is 23.7 Å². The summed E-state index contributed by atoms with van der Waals surface area (Å²) in [5.74, 6) is -0.0424. The van der Waals surface area contributed by atoms with Gasteiger partial charge in [-0.25, -0.2) is 0 Å². The third-order valence-electron chi connectivity index (χ3n) is 5.20. The Balaban J connectivity index is 1.48. The first kappa shape index (κ1) is 15.9. The second kappa shape index (κ2) is 6.02. The Kier molecular flexibility index (Phi) is 3.98. The van der Waals surface area contributed by atoms with Crippen molar-refractivity contribution < 1.29 is 14.7 Å². The molecule has 4 rings (SSSR count). The van der Waals surface area contributed by atoms with Gasteiger partial charge in [-0.15, -0.1) is 0 Å². The fourth-order valence-electron chi connectivity index (χ4n) is 3.98. The number of aliphatic hydroxyl groups excluding tert-OH is 1. The van der Waals surface area contributed by atoms with E-state index in [9.17, 15) is 14.7 Å². The van der Waals surface area contributed by atoms with Crippen molar-refractivity contribution in [2.75, 3.05) is 26.2 Å². The number of carbonyl (C=O) groups is 2. The van der Waals surface area contributed by atoms with Crippen LogP contribution in [0, 0.1) is 0 Å². The first-order chi connectivity index (χ1) is 11.5. The zero-order chi connectivity index (χ0) is 16.8.